The number of aryl methyl sites for hydroxylation is 1. The number of hydrazine groups is 1. The molecule has 41 heavy (non-hydrogen) atoms. The van der Waals surface area contributed by atoms with Gasteiger partial charge in [-0.25, -0.2) is 9.99 Å². The monoisotopic (exact) mass is 599 g/mol. The Balaban J connectivity index is 1.55. The van der Waals surface area contributed by atoms with Gasteiger partial charge in [-0.1, -0.05) is 44.6 Å². The molecule has 1 aromatic heterocycles. The van der Waals surface area contributed by atoms with E-state index in [4.69, 9.17) is 4.74 Å². The van der Waals surface area contributed by atoms with Crippen LogP contribution in [0, 0.1) is 6.92 Å². The minimum atomic E-state index is -10.1. The highest BCUT2D eigenvalue weighted by Crippen LogP contribution is 2.97. The number of amides is 1. The van der Waals surface area contributed by atoms with Gasteiger partial charge in [-0.3, -0.25) is 14.8 Å². The van der Waals surface area contributed by atoms with Crippen molar-refractivity contribution in [3.05, 3.63) is 72.3 Å². The molecule has 0 saturated carbocycles. The van der Waals surface area contributed by atoms with Crippen LogP contribution in [0.1, 0.15) is 37.4 Å². The average Bonchev–Trinajstić information content (AvgIpc) is 3.26. The normalized spacial score (nSPS) is 16.3. The van der Waals surface area contributed by atoms with E-state index < -0.39 is 16.3 Å². The summed E-state index contributed by atoms with van der Waals surface area (Å²) in [5, 5.41) is 2.97. The topological polar surface area (TPSA) is 72.2 Å². The van der Waals surface area contributed by atoms with E-state index in [0.717, 1.165) is 41.2 Å². The molecule has 1 aliphatic heterocycles. The van der Waals surface area contributed by atoms with Gasteiger partial charge in [-0.15, -0.1) is 0 Å². The number of ether oxygens (including phenoxy) is 1. The predicted octanol–water partition coefficient (Wildman–Crippen LogP) is 7.65. The van der Waals surface area contributed by atoms with E-state index >= 15 is 0 Å². The summed E-state index contributed by atoms with van der Waals surface area (Å²) in [6.07, 6.45) is 8.40. The predicted molar refractivity (Wildman–Crippen MR) is 150 cm³/mol. The number of aromatic nitrogens is 2. The third-order valence-electron chi connectivity index (χ3n) is 5.97. The Labute approximate surface area is 234 Å². The van der Waals surface area contributed by atoms with Crippen molar-refractivity contribution in [2.45, 2.75) is 33.1 Å². The molecule has 2 heterocycles. The van der Waals surface area contributed by atoms with Crippen LogP contribution in [0.2, 0.25) is 0 Å². The lowest BCUT2D eigenvalue weighted by Gasteiger charge is -2.39. The fraction of sp³-hybridized carbons (Fsp3) is 0.296. The van der Waals surface area contributed by atoms with Crippen LogP contribution in [0.5, 0.6) is 11.5 Å². The summed E-state index contributed by atoms with van der Waals surface area (Å²) in [5.41, 5.74) is 2.77. The molecule has 0 N–H and O–H groups in total. The molecule has 0 fully saturated rings. The fourth-order valence-electron chi connectivity index (χ4n) is 4.30. The molecular weight excluding hydrogens is 569 g/mol. The molecule has 1 amide bonds. The largest absolute Gasteiger partial charge is 0.495 e. The molecule has 1 aliphatic rings. The molecular formula is C27H30F5N5O3S. The summed E-state index contributed by atoms with van der Waals surface area (Å²) >= 11 is 0. The first-order chi connectivity index (χ1) is 19.2. The number of amidine groups is 1. The number of rotatable bonds is 10. The molecule has 0 aliphatic carbocycles. The van der Waals surface area contributed by atoms with E-state index in [0.29, 0.717) is 31.0 Å². The molecule has 14 heteroatoms. The van der Waals surface area contributed by atoms with Crippen molar-refractivity contribution in [3.63, 3.8) is 0 Å². The van der Waals surface area contributed by atoms with E-state index in [1.807, 2.05) is 55.0 Å². The number of carbonyl (C=O) groups is 1. The van der Waals surface area contributed by atoms with Crippen LogP contribution >= 0.6 is 10.5 Å². The van der Waals surface area contributed by atoms with E-state index in [-0.39, 0.29) is 24.6 Å². The maximum atomic E-state index is 13.0. The standard InChI is InChI=1S/C27H30F5N5O3S/c1-4-16-36-26(7-5-6-21-8-13-24(25(17-21)39-3)35-18-20(2)34-19-35)33-15-14-27(38)37(36)22-9-11-23(12-10-22)40-41(28,29,30,31)32/h5-6,8-13,17-19H,4,7,14-16H2,1-3H3/b6-5+. The second-order valence-corrected chi connectivity index (χ2v) is 11.3. The number of aliphatic imine (C=N–C) groups is 1. The lowest BCUT2D eigenvalue weighted by Crippen LogP contribution is -2.49. The van der Waals surface area contributed by atoms with E-state index in [9.17, 15) is 24.2 Å². The number of nitrogens with zero attached hydrogens (tertiary/aromatic N) is 5. The number of hydrogen-bond donors (Lipinski definition) is 0. The number of methoxy groups -OCH3 is 1. The number of hydrogen-bond acceptors (Lipinski definition) is 6. The van der Waals surface area contributed by atoms with Gasteiger partial charge < -0.3 is 13.5 Å². The van der Waals surface area contributed by atoms with Crippen molar-refractivity contribution in [1.82, 2.24) is 14.6 Å². The fourth-order valence-corrected chi connectivity index (χ4v) is 4.78. The molecule has 4 rings (SSSR count). The quantitative estimate of drug-likeness (QED) is 0.224. The zero-order valence-corrected chi connectivity index (χ0v) is 23.5. The lowest BCUT2D eigenvalue weighted by molar-refractivity contribution is -0.120. The van der Waals surface area contributed by atoms with Gasteiger partial charge in [0.2, 0.25) is 5.91 Å². The Bertz CT molecular complexity index is 1470. The average molecular weight is 600 g/mol. The van der Waals surface area contributed by atoms with Gasteiger partial charge in [-0.05, 0) is 55.3 Å². The third-order valence-corrected chi connectivity index (χ3v) is 6.48. The van der Waals surface area contributed by atoms with E-state index in [1.165, 1.54) is 5.01 Å². The molecule has 222 valence electrons. The number of imidazole rings is 1. The SMILES string of the molecule is CCCN1C(C/C=C/c2ccc(-n3cnc(C)c3)c(OC)c2)=NCCC(=O)N1c1ccc(OS(F)(F)(F)(F)F)cc1. The van der Waals surface area contributed by atoms with Crippen molar-refractivity contribution in [3.8, 4) is 17.2 Å². The van der Waals surface area contributed by atoms with Gasteiger partial charge in [-0.2, -0.15) is 0 Å². The molecule has 2 aromatic carbocycles. The Morgan fingerprint density at radius 1 is 1.07 bits per heavy atom. The van der Waals surface area contributed by atoms with Crippen LogP contribution in [-0.4, -0.2) is 46.5 Å². The van der Waals surface area contributed by atoms with Gasteiger partial charge in [0.05, 0.1) is 30.5 Å². The van der Waals surface area contributed by atoms with E-state index in [1.54, 1.807) is 18.4 Å². The van der Waals surface area contributed by atoms with Crippen molar-refractivity contribution in [2.24, 2.45) is 4.99 Å². The molecule has 0 unspecified atom stereocenters. The maximum Gasteiger partial charge on any atom is 0.435 e. The van der Waals surface area contributed by atoms with Crippen LogP contribution in [0.4, 0.5) is 25.1 Å². The molecule has 8 nitrogen and oxygen atoms in total. The van der Waals surface area contributed by atoms with Gasteiger partial charge in [0, 0.05) is 32.1 Å². The molecule has 0 atom stereocenters. The summed E-state index contributed by atoms with van der Waals surface area (Å²) in [7, 11) is -8.54. The summed E-state index contributed by atoms with van der Waals surface area (Å²) in [6, 6.07) is 9.50. The second-order valence-electron chi connectivity index (χ2n) is 9.31. The van der Waals surface area contributed by atoms with Crippen LogP contribution in [-0.2, 0) is 4.79 Å². The number of benzene rings is 2. The summed E-state index contributed by atoms with van der Waals surface area (Å²) < 4.78 is 74.3. The van der Waals surface area contributed by atoms with Crippen molar-refractivity contribution in [1.29, 1.82) is 0 Å². The second kappa shape index (κ2) is 10.7. The van der Waals surface area contributed by atoms with Crippen LogP contribution in [0.25, 0.3) is 11.8 Å². The molecule has 0 radical (unpaired) electrons. The zero-order chi connectivity index (χ0) is 29.9. The Kier molecular flexibility index (Phi) is 7.82. The van der Waals surface area contributed by atoms with Crippen molar-refractivity contribution >= 4 is 34.0 Å². The van der Waals surface area contributed by atoms with Gasteiger partial charge in [0.25, 0.3) is 0 Å². The van der Waals surface area contributed by atoms with Gasteiger partial charge in [0.1, 0.15) is 17.3 Å². The Morgan fingerprint density at radius 3 is 2.41 bits per heavy atom. The maximum absolute atomic E-state index is 13.0. The molecule has 0 spiro atoms. The van der Waals surface area contributed by atoms with Crippen molar-refractivity contribution < 1.29 is 33.1 Å². The smallest absolute Gasteiger partial charge is 0.435 e. The number of carbonyl (C=O) groups excluding carboxylic acids is 1. The lowest BCUT2D eigenvalue weighted by atomic mass is 10.1. The first-order valence-corrected chi connectivity index (χ1v) is 14.6. The Morgan fingerprint density at radius 2 is 1.80 bits per heavy atom. The highest BCUT2D eigenvalue weighted by Gasteiger charge is 2.67. The van der Waals surface area contributed by atoms with Crippen LogP contribution in [0.15, 0.2) is 66.1 Å². The number of halogens is 5. The Hall–Kier alpha value is -4.07. The zero-order valence-electron chi connectivity index (χ0n) is 22.6. The van der Waals surface area contributed by atoms with Gasteiger partial charge in [0.15, 0.2) is 0 Å². The summed E-state index contributed by atoms with van der Waals surface area (Å²) in [4.78, 5) is 21.9. The summed E-state index contributed by atoms with van der Waals surface area (Å²) in [6.45, 7) is 4.40. The first-order valence-electron chi connectivity index (χ1n) is 12.7. The minimum absolute atomic E-state index is 0.0591. The van der Waals surface area contributed by atoms with E-state index in [2.05, 4.69) is 14.2 Å². The summed E-state index contributed by atoms with van der Waals surface area (Å²) in [5.74, 6) is -0.187. The van der Waals surface area contributed by atoms with Gasteiger partial charge >= 0.3 is 10.5 Å². The molecule has 3 aromatic rings. The molecule has 0 saturated heterocycles. The highest BCUT2D eigenvalue weighted by molar-refractivity contribution is 8.42. The van der Waals surface area contributed by atoms with Crippen LogP contribution < -0.4 is 13.9 Å². The third kappa shape index (κ3) is 7.99. The highest BCUT2D eigenvalue weighted by atomic mass is 32.5. The first kappa shape index (κ1) is 29.9. The minimum Gasteiger partial charge on any atom is -0.495 e. The van der Waals surface area contributed by atoms with Crippen molar-refractivity contribution in [2.75, 3.05) is 25.2 Å². The number of anilines is 1. The molecule has 0 bridgehead atoms. The van der Waals surface area contributed by atoms with Crippen LogP contribution in [0.3, 0.4) is 0 Å².